The van der Waals surface area contributed by atoms with Gasteiger partial charge in [0.25, 0.3) is 5.92 Å². The van der Waals surface area contributed by atoms with Crippen LogP contribution in [0.3, 0.4) is 0 Å². The summed E-state index contributed by atoms with van der Waals surface area (Å²) in [4.78, 5) is 0. The second-order valence-electron chi connectivity index (χ2n) is 4.68. The molecule has 0 bridgehead atoms. The van der Waals surface area contributed by atoms with Gasteiger partial charge in [-0.2, -0.15) is 13.2 Å². The van der Waals surface area contributed by atoms with Crippen LogP contribution in [-0.2, 0) is 18.5 Å². The Balaban J connectivity index is 2.60. The van der Waals surface area contributed by atoms with Crippen LogP contribution in [0.15, 0.2) is 28.8 Å². The van der Waals surface area contributed by atoms with Crippen molar-refractivity contribution in [3.63, 3.8) is 0 Å². The van der Waals surface area contributed by atoms with Crippen molar-refractivity contribution in [1.29, 1.82) is 0 Å². The largest absolute Gasteiger partial charge is 0.416 e. The molecule has 0 unspecified atom stereocenters. The molecule has 0 saturated carbocycles. The summed E-state index contributed by atoms with van der Waals surface area (Å²) in [6, 6.07) is 3.64. The lowest BCUT2D eigenvalue weighted by Gasteiger charge is -2.17. The molecule has 0 atom stereocenters. The van der Waals surface area contributed by atoms with E-state index in [0.29, 0.717) is 25.2 Å². The van der Waals surface area contributed by atoms with Crippen molar-refractivity contribution in [2.24, 2.45) is 0 Å². The molecule has 2 rings (SSSR count). The monoisotopic (exact) mass is 305 g/mol. The number of halogens is 5. The molecule has 1 heterocycles. The standard InChI is InChI=1S/C14H12F5NO/c1-3-9-7-12(20-21-9)10-5-4-8(14(17,18)19)6-11(10)13(2,15)16/h4-7H,3H2,1-2H3. The fraction of sp³-hybridized carbons (Fsp3) is 0.357. The SMILES string of the molecule is CCc1cc(-c2ccc(C(F)(F)F)cc2C(C)(F)F)no1. The molecule has 1 aromatic carbocycles. The summed E-state index contributed by atoms with van der Waals surface area (Å²) in [6.07, 6.45) is -4.18. The first-order valence-corrected chi connectivity index (χ1v) is 6.18. The average molecular weight is 305 g/mol. The minimum Gasteiger partial charge on any atom is -0.361 e. The zero-order valence-electron chi connectivity index (χ0n) is 11.3. The molecule has 0 spiro atoms. The summed E-state index contributed by atoms with van der Waals surface area (Å²) >= 11 is 0. The van der Waals surface area contributed by atoms with Gasteiger partial charge in [0.2, 0.25) is 0 Å². The van der Waals surface area contributed by atoms with Crippen LogP contribution in [0.4, 0.5) is 22.0 Å². The van der Waals surface area contributed by atoms with E-state index in [-0.39, 0.29) is 11.3 Å². The topological polar surface area (TPSA) is 26.0 Å². The average Bonchev–Trinajstić information content (AvgIpc) is 2.84. The Morgan fingerprint density at radius 1 is 1.10 bits per heavy atom. The summed E-state index contributed by atoms with van der Waals surface area (Å²) in [7, 11) is 0. The van der Waals surface area contributed by atoms with Gasteiger partial charge in [0.05, 0.1) is 5.56 Å². The van der Waals surface area contributed by atoms with Crippen molar-refractivity contribution in [2.75, 3.05) is 0 Å². The van der Waals surface area contributed by atoms with E-state index in [0.717, 1.165) is 12.1 Å². The van der Waals surface area contributed by atoms with Crippen LogP contribution < -0.4 is 0 Å². The molecule has 0 aliphatic carbocycles. The van der Waals surface area contributed by atoms with Gasteiger partial charge in [0.1, 0.15) is 11.5 Å². The molecule has 0 aliphatic heterocycles. The van der Waals surface area contributed by atoms with Crippen LogP contribution in [-0.4, -0.2) is 5.16 Å². The highest BCUT2D eigenvalue weighted by molar-refractivity contribution is 5.65. The van der Waals surface area contributed by atoms with Crippen molar-refractivity contribution in [1.82, 2.24) is 5.16 Å². The third kappa shape index (κ3) is 3.22. The van der Waals surface area contributed by atoms with E-state index in [1.165, 1.54) is 6.07 Å². The van der Waals surface area contributed by atoms with Crippen molar-refractivity contribution in [2.45, 2.75) is 32.4 Å². The molecule has 2 aromatic rings. The maximum absolute atomic E-state index is 13.6. The summed E-state index contributed by atoms with van der Waals surface area (Å²) in [5, 5.41) is 3.63. The molecular formula is C14H12F5NO. The number of rotatable bonds is 3. The van der Waals surface area contributed by atoms with Crippen molar-refractivity contribution >= 4 is 0 Å². The number of aromatic nitrogens is 1. The van der Waals surface area contributed by atoms with Gasteiger partial charge in [0, 0.05) is 30.5 Å². The Morgan fingerprint density at radius 2 is 1.76 bits per heavy atom. The van der Waals surface area contributed by atoms with Gasteiger partial charge in [0.15, 0.2) is 0 Å². The number of hydrogen-bond donors (Lipinski definition) is 0. The number of benzene rings is 1. The number of alkyl halides is 5. The second-order valence-corrected chi connectivity index (χ2v) is 4.68. The van der Waals surface area contributed by atoms with Crippen LogP contribution in [0, 0.1) is 0 Å². The lowest BCUT2D eigenvalue weighted by atomic mass is 9.97. The zero-order valence-corrected chi connectivity index (χ0v) is 11.3. The third-order valence-electron chi connectivity index (χ3n) is 3.00. The maximum atomic E-state index is 13.6. The molecule has 0 amide bonds. The van der Waals surface area contributed by atoms with Crippen LogP contribution in [0.25, 0.3) is 11.3 Å². The normalized spacial score (nSPS) is 12.7. The van der Waals surface area contributed by atoms with Crippen LogP contribution >= 0.6 is 0 Å². The smallest absolute Gasteiger partial charge is 0.361 e. The molecule has 7 heteroatoms. The first-order valence-electron chi connectivity index (χ1n) is 6.18. The van der Waals surface area contributed by atoms with Crippen molar-refractivity contribution in [3.05, 3.63) is 41.2 Å². The molecule has 0 saturated heterocycles. The Hall–Kier alpha value is -1.92. The molecule has 1 aromatic heterocycles. The highest BCUT2D eigenvalue weighted by atomic mass is 19.4. The van der Waals surface area contributed by atoms with E-state index in [1.54, 1.807) is 6.92 Å². The highest BCUT2D eigenvalue weighted by Gasteiger charge is 2.35. The van der Waals surface area contributed by atoms with Crippen LogP contribution in [0.5, 0.6) is 0 Å². The van der Waals surface area contributed by atoms with Gasteiger partial charge in [-0.15, -0.1) is 0 Å². The number of nitrogens with zero attached hydrogens (tertiary/aromatic N) is 1. The highest BCUT2D eigenvalue weighted by Crippen LogP contribution is 2.39. The molecule has 0 N–H and O–H groups in total. The van der Waals surface area contributed by atoms with E-state index in [2.05, 4.69) is 5.16 Å². The van der Waals surface area contributed by atoms with Gasteiger partial charge in [-0.25, -0.2) is 8.78 Å². The van der Waals surface area contributed by atoms with Gasteiger partial charge >= 0.3 is 6.18 Å². The Bertz CT molecular complexity index is 640. The third-order valence-corrected chi connectivity index (χ3v) is 3.00. The summed E-state index contributed by atoms with van der Waals surface area (Å²) < 4.78 is 70.2. The minimum absolute atomic E-state index is 0.0704. The van der Waals surface area contributed by atoms with E-state index < -0.39 is 23.2 Å². The van der Waals surface area contributed by atoms with E-state index in [4.69, 9.17) is 4.52 Å². The maximum Gasteiger partial charge on any atom is 0.416 e. The number of aryl methyl sites for hydroxylation is 1. The Morgan fingerprint density at radius 3 is 2.24 bits per heavy atom. The molecule has 2 nitrogen and oxygen atoms in total. The Kier molecular flexibility index (Phi) is 3.78. The first-order chi connectivity index (χ1) is 9.63. The lowest BCUT2D eigenvalue weighted by molar-refractivity contribution is -0.137. The quantitative estimate of drug-likeness (QED) is 0.743. The number of hydrogen-bond acceptors (Lipinski definition) is 2. The Labute approximate surface area is 117 Å². The summed E-state index contributed by atoms with van der Waals surface area (Å²) in [5.41, 5.74) is -1.83. The van der Waals surface area contributed by atoms with Gasteiger partial charge in [-0.05, 0) is 12.1 Å². The van der Waals surface area contributed by atoms with Crippen LogP contribution in [0.1, 0.15) is 30.7 Å². The predicted molar refractivity (Wildman–Crippen MR) is 65.9 cm³/mol. The van der Waals surface area contributed by atoms with E-state index in [1.807, 2.05) is 0 Å². The molecule has 0 radical (unpaired) electrons. The summed E-state index contributed by atoms with van der Waals surface area (Å²) in [6.45, 7) is 2.33. The fourth-order valence-electron chi connectivity index (χ4n) is 1.91. The molecule has 21 heavy (non-hydrogen) atoms. The molecule has 0 aliphatic rings. The second kappa shape index (κ2) is 5.13. The first kappa shape index (κ1) is 15.5. The molecule has 0 fully saturated rings. The van der Waals surface area contributed by atoms with Gasteiger partial charge in [-0.3, -0.25) is 0 Å². The zero-order chi connectivity index (χ0) is 15.8. The van der Waals surface area contributed by atoms with Gasteiger partial charge in [-0.1, -0.05) is 18.1 Å². The van der Waals surface area contributed by atoms with Crippen molar-refractivity contribution < 1.29 is 26.5 Å². The molecular weight excluding hydrogens is 293 g/mol. The van der Waals surface area contributed by atoms with E-state index >= 15 is 0 Å². The van der Waals surface area contributed by atoms with Crippen molar-refractivity contribution in [3.8, 4) is 11.3 Å². The fourth-order valence-corrected chi connectivity index (χ4v) is 1.91. The predicted octanol–water partition coefficient (Wildman–Crippen LogP) is 5.03. The minimum atomic E-state index is -4.68. The summed E-state index contributed by atoms with van der Waals surface area (Å²) in [5.74, 6) is -2.96. The molecule has 114 valence electrons. The van der Waals surface area contributed by atoms with E-state index in [9.17, 15) is 22.0 Å². The van der Waals surface area contributed by atoms with Gasteiger partial charge < -0.3 is 4.52 Å². The lowest BCUT2D eigenvalue weighted by Crippen LogP contribution is -2.13. The van der Waals surface area contributed by atoms with Crippen LogP contribution in [0.2, 0.25) is 0 Å².